The van der Waals surface area contributed by atoms with Crippen LogP contribution in [0, 0.1) is 0 Å². The first kappa shape index (κ1) is 15.3. The highest BCUT2D eigenvalue weighted by molar-refractivity contribution is 5.91. The molecule has 4 nitrogen and oxygen atoms in total. The second-order valence-electron chi connectivity index (χ2n) is 4.85. The molecule has 112 valence electrons. The number of carbonyl (C=O) groups is 1. The van der Waals surface area contributed by atoms with E-state index < -0.39 is 0 Å². The van der Waals surface area contributed by atoms with Crippen LogP contribution in [-0.2, 0) is 11.3 Å². The molecule has 0 aliphatic carbocycles. The second-order valence-corrected chi connectivity index (χ2v) is 4.85. The molecule has 0 aliphatic rings. The van der Waals surface area contributed by atoms with Crippen LogP contribution in [-0.4, -0.2) is 26.1 Å². The molecule has 2 aromatic rings. The van der Waals surface area contributed by atoms with E-state index in [4.69, 9.17) is 4.74 Å². The number of hydrogen-bond acceptors (Lipinski definition) is 3. The lowest BCUT2D eigenvalue weighted by molar-refractivity contribution is -0.120. The number of hydrogen-bond donors (Lipinski definition) is 2. The van der Waals surface area contributed by atoms with Gasteiger partial charge in [0.05, 0.1) is 7.11 Å². The van der Waals surface area contributed by atoms with Crippen molar-refractivity contribution in [2.45, 2.75) is 19.9 Å². The van der Waals surface area contributed by atoms with Gasteiger partial charge in [0.25, 0.3) is 0 Å². The number of ether oxygens (including phenoxy) is 1. The summed E-state index contributed by atoms with van der Waals surface area (Å²) in [5, 5.41) is 8.41. The molecule has 0 unspecified atom stereocenters. The van der Waals surface area contributed by atoms with E-state index in [2.05, 4.69) is 28.8 Å². The predicted octanol–water partition coefficient (Wildman–Crippen LogP) is 2.46. The standard InChI is InChI=1S/C17H22N2O2/c1-3-19-17(20)10-11-18-12-13-8-9-16(21-2)15-7-5-4-6-14(13)15/h4-9,18H,3,10-12H2,1-2H3,(H,19,20). The molecule has 2 N–H and O–H groups in total. The zero-order valence-corrected chi connectivity index (χ0v) is 12.6. The van der Waals surface area contributed by atoms with Crippen molar-refractivity contribution in [2.24, 2.45) is 0 Å². The number of nitrogens with one attached hydrogen (secondary N) is 2. The van der Waals surface area contributed by atoms with Gasteiger partial charge in [-0.2, -0.15) is 0 Å². The van der Waals surface area contributed by atoms with E-state index in [9.17, 15) is 4.79 Å². The zero-order chi connectivity index (χ0) is 15.1. The molecule has 0 saturated carbocycles. The number of benzene rings is 2. The Morgan fingerprint density at radius 3 is 2.62 bits per heavy atom. The summed E-state index contributed by atoms with van der Waals surface area (Å²) in [4.78, 5) is 11.4. The molecule has 2 aromatic carbocycles. The fourth-order valence-corrected chi connectivity index (χ4v) is 2.38. The summed E-state index contributed by atoms with van der Waals surface area (Å²) in [6.07, 6.45) is 0.502. The van der Waals surface area contributed by atoms with Gasteiger partial charge >= 0.3 is 0 Å². The predicted molar refractivity (Wildman–Crippen MR) is 85.5 cm³/mol. The van der Waals surface area contributed by atoms with Crippen molar-refractivity contribution in [1.82, 2.24) is 10.6 Å². The normalized spacial score (nSPS) is 10.6. The van der Waals surface area contributed by atoms with Gasteiger partial charge in [0, 0.05) is 31.4 Å². The van der Waals surface area contributed by atoms with Gasteiger partial charge in [-0.05, 0) is 23.9 Å². The SMILES string of the molecule is CCNC(=O)CCNCc1ccc(OC)c2ccccc12. The minimum absolute atomic E-state index is 0.0876. The number of carbonyl (C=O) groups excluding carboxylic acids is 1. The van der Waals surface area contributed by atoms with Gasteiger partial charge in [0.15, 0.2) is 0 Å². The maximum atomic E-state index is 11.4. The highest BCUT2D eigenvalue weighted by Crippen LogP contribution is 2.28. The molecule has 1 amide bonds. The molecule has 0 bridgehead atoms. The Bertz CT molecular complexity index is 611. The van der Waals surface area contributed by atoms with Gasteiger partial charge in [-0.1, -0.05) is 30.3 Å². The largest absolute Gasteiger partial charge is 0.496 e. The molecule has 0 fully saturated rings. The fraction of sp³-hybridized carbons (Fsp3) is 0.353. The third kappa shape index (κ3) is 3.95. The molecule has 0 atom stereocenters. The quantitative estimate of drug-likeness (QED) is 0.769. The highest BCUT2D eigenvalue weighted by atomic mass is 16.5. The summed E-state index contributed by atoms with van der Waals surface area (Å²) in [6.45, 7) is 4.02. The van der Waals surface area contributed by atoms with Gasteiger partial charge in [-0.25, -0.2) is 0 Å². The van der Waals surface area contributed by atoms with Crippen LogP contribution in [0.4, 0.5) is 0 Å². The van der Waals surface area contributed by atoms with E-state index in [0.29, 0.717) is 19.5 Å². The Hall–Kier alpha value is -2.07. The van der Waals surface area contributed by atoms with Gasteiger partial charge < -0.3 is 15.4 Å². The number of amides is 1. The first-order valence-corrected chi connectivity index (χ1v) is 7.28. The van der Waals surface area contributed by atoms with Crippen molar-refractivity contribution in [3.05, 3.63) is 42.0 Å². The van der Waals surface area contributed by atoms with Gasteiger partial charge in [-0.3, -0.25) is 4.79 Å². The van der Waals surface area contributed by atoms with Crippen molar-refractivity contribution < 1.29 is 9.53 Å². The Morgan fingerprint density at radius 2 is 1.90 bits per heavy atom. The van der Waals surface area contributed by atoms with Crippen LogP contribution in [0.15, 0.2) is 36.4 Å². The molecular formula is C17H22N2O2. The van der Waals surface area contributed by atoms with E-state index >= 15 is 0 Å². The van der Waals surface area contributed by atoms with Crippen molar-refractivity contribution in [2.75, 3.05) is 20.2 Å². The smallest absolute Gasteiger partial charge is 0.221 e. The lowest BCUT2D eigenvalue weighted by atomic mass is 10.0. The molecule has 0 radical (unpaired) electrons. The maximum absolute atomic E-state index is 11.4. The van der Waals surface area contributed by atoms with Crippen molar-refractivity contribution in [1.29, 1.82) is 0 Å². The summed E-state index contributed by atoms with van der Waals surface area (Å²) in [5.41, 5.74) is 1.21. The van der Waals surface area contributed by atoms with Gasteiger partial charge in [0.2, 0.25) is 5.91 Å². The van der Waals surface area contributed by atoms with Crippen LogP contribution in [0.2, 0.25) is 0 Å². The summed E-state index contributed by atoms with van der Waals surface area (Å²) in [7, 11) is 1.69. The van der Waals surface area contributed by atoms with Crippen LogP contribution >= 0.6 is 0 Å². The van der Waals surface area contributed by atoms with Crippen LogP contribution < -0.4 is 15.4 Å². The summed E-state index contributed by atoms with van der Waals surface area (Å²) in [5.74, 6) is 0.973. The van der Waals surface area contributed by atoms with Gasteiger partial charge in [0.1, 0.15) is 5.75 Å². The number of methoxy groups -OCH3 is 1. The summed E-state index contributed by atoms with van der Waals surface area (Å²) in [6, 6.07) is 12.3. The average Bonchev–Trinajstić information content (AvgIpc) is 2.51. The molecule has 0 spiro atoms. The average molecular weight is 286 g/mol. The van der Waals surface area contributed by atoms with Crippen LogP contribution in [0.25, 0.3) is 10.8 Å². The van der Waals surface area contributed by atoms with E-state index in [1.54, 1.807) is 7.11 Å². The Kier molecular flexibility index (Phi) is 5.58. The van der Waals surface area contributed by atoms with E-state index in [1.165, 1.54) is 10.9 Å². The molecule has 0 saturated heterocycles. The monoisotopic (exact) mass is 286 g/mol. The third-order valence-electron chi connectivity index (χ3n) is 3.41. The molecular weight excluding hydrogens is 264 g/mol. The molecule has 2 rings (SSSR count). The number of fused-ring (bicyclic) bond motifs is 1. The zero-order valence-electron chi connectivity index (χ0n) is 12.6. The lowest BCUT2D eigenvalue weighted by Crippen LogP contribution is -2.27. The highest BCUT2D eigenvalue weighted by Gasteiger charge is 2.06. The summed E-state index contributed by atoms with van der Waals surface area (Å²) < 4.78 is 5.39. The maximum Gasteiger partial charge on any atom is 0.221 e. The second kappa shape index (κ2) is 7.64. The van der Waals surface area contributed by atoms with E-state index in [0.717, 1.165) is 17.7 Å². The minimum atomic E-state index is 0.0876. The molecule has 0 heterocycles. The number of rotatable bonds is 7. The Balaban J connectivity index is 2.01. The topological polar surface area (TPSA) is 50.4 Å². The minimum Gasteiger partial charge on any atom is -0.496 e. The van der Waals surface area contributed by atoms with Crippen LogP contribution in [0.5, 0.6) is 5.75 Å². The Labute approximate surface area is 125 Å². The molecule has 0 aliphatic heterocycles. The Morgan fingerprint density at radius 1 is 1.14 bits per heavy atom. The first-order chi connectivity index (χ1) is 10.3. The summed E-state index contributed by atoms with van der Waals surface area (Å²) >= 11 is 0. The van der Waals surface area contributed by atoms with Crippen molar-refractivity contribution in [3.63, 3.8) is 0 Å². The van der Waals surface area contributed by atoms with Crippen LogP contribution in [0.1, 0.15) is 18.9 Å². The third-order valence-corrected chi connectivity index (χ3v) is 3.41. The molecule has 0 aromatic heterocycles. The van der Waals surface area contributed by atoms with Gasteiger partial charge in [-0.15, -0.1) is 0 Å². The van der Waals surface area contributed by atoms with E-state index in [1.807, 2.05) is 25.1 Å². The molecule has 21 heavy (non-hydrogen) atoms. The van der Waals surface area contributed by atoms with Crippen LogP contribution in [0.3, 0.4) is 0 Å². The fourth-order valence-electron chi connectivity index (χ4n) is 2.38. The first-order valence-electron chi connectivity index (χ1n) is 7.28. The van der Waals surface area contributed by atoms with E-state index in [-0.39, 0.29) is 5.91 Å². The lowest BCUT2D eigenvalue weighted by Gasteiger charge is -2.11. The molecule has 4 heteroatoms. The van der Waals surface area contributed by atoms with Crippen molar-refractivity contribution in [3.8, 4) is 5.75 Å². The van der Waals surface area contributed by atoms with Crippen molar-refractivity contribution >= 4 is 16.7 Å².